The van der Waals surface area contributed by atoms with Gasteiger partial charge in [0.25, 0.3) is 30.4 Å². The molecule has 4 rings (SSSR count). The van der Waals surface area contributed by atoms with E-state index in [-0.39, 0.29) is 22.6 Å². The van der Waals surface area contributed by atoms with Gasteiger partial charge in [-0.2, -0.15) is 34.6 Å². The summed E-state index contributed by atoms with van der Waals surface area (Å²) in [4.78, 5) is 12.5. The molecule has 0 saturated carbocycles. The predicted octanol–water partition coefficient (Wildman–Crippen LogP) is 3.25. The van der Waals surface area contributed by atoms with Crippen molar-refractivity contribution in [3.63, 3.8) is 0 Å². The zero-order valence-electron chi connectivity index (χ0n) is 29.6. The number of fused-ring (bicyclic) bond motifs is 2. The van der Waals surface area contributed by atoms with Crippen molar-refractivity contribution < 1.29 is 61.8 Å². The number of nitrogens with zero attached hydrogens (tertiary/aromatic N) is 2. The third-order valence-electron chi connectivity index (χ3n) is 9.32. The number of rotatable bonds is 17. The Kier molecular flexibility index (Phi) is 12.2. The van der Waals surface area contributed by atoms with Gasteiger partial charge in [0.1, 0.15) is 13.1 Å². The van der Waals surface area contributed by atoms with Crippen LogP contribution < -0.4 is 9.62 Å². The van der Waals surface area contributed by atoms with Crippen LogP contribution in [0, 0.1) is 0 Å². The van der Waals surface area contributed by atoms with E-state index in [4.69, 9.17) is 5.11 Å². The van der Waals surface area contributed by atoms with Crippen LogP contribution in [0.5, 0.6) is 0 Å². The molecule has 292 valence electrons. The Balaban J connectivity index is 1.79. The number of aliphatic carboxylic acids is 1. The van der Waals surface area contributed by atoms with Crippen molar-refractivity contribution >= 4 is 63.4 Å². The Bertz CT molecular complexity index is 2330. The molecule has 5 N–H and O–H groups in total. The molecule has 0 amide bonds. The summed E-state index contributed by atoms with van der Waals surface area (Å²) in [5, 5.41) is 9.00. The number of hydrogen-bond donors (Lipinski definition) is 5. The Hall–Kier alpha value is -3.50. The molecule has 0 fully saturated rings. The van der Waals surface area contributed by atoms with Gasteiger partial charge in [0.2, 0.25) is 15.7 Å². The van der Waals surface area contributed by atoms with Crippen LogP contribution in [-0.4, -0.2) is 99.8 Å². The van der Waals surface area contributed by atoms with E-state index in [1.54, 1.807) is 18.2 Å². The number of benzene rings is 2. The van der Waals surface area contributed by atoms with Gasteiger partial charge in [-0.3, -0.25) is 18.5 Å². The Morgan fingerprint density at radius 3 is 1.96 bits per heavy atom. The average molecular weight is 819 g/mol. The fourth-order valence-corrected chi connectivity index (χ4v) is 9.34. The normalized spacial score (nSPS) is 17.9. The van der Waals surface area contributed by atoms with Crippen molar-refractivity contribution in [3.8, 4) is 0 Å². The maximum Gasteiger partial charge on any atom is 0.318 e. The first-order valence-electron chi connectivity index (χ1n) is 16.5. The molecule has 2 aliphatic heterocycles. The lowest BCUT2D eigenvalue weighted by molar-refractivity contribution is -0.438. The smallest absolute Gasteiger partial charge is 0.318 e. The molecule has 0 bridgehead atoms. The van der Waals surface area contributed by atoms with Gasteiger partial charge in [0.05, 0.1) is 26.7 Å². The highest BCUT2D eigenvalue weighted by atomic mass is 32.2. The SMILES string of the molecule is CC1(C)C(/C=C/C=C2\N(CCCCS(=O)(=O)O)c3ccc(S(=O)(=O)O)cc3C2(C)C)=[N+](CCCCS(=O)(=O)O)c2ccc(S(=O)(=O)NCC(=O)O)cc21. The quantitative estimate of drug-likeness (QED) is 0.0873. The number of anilines is 1. The van der Waals surface area contributed by atoms with Crippen LogP contribution in [0.25, 0.3) is 0 Å². The van der Waals surface area contributed by atoms with Crippen molar-refractivity contribution in [2.45, 2.75) is 74.0 Å². The first-order valence-corrected chi connectivity index (χ1v) is 22.6. The zero-order valence-corrected chi connectivity index (χ0v) is 32.8. The van der Waals surface area contributed by atoms with E-state index in [0.29, 0.717) is 59.8 Å². The lowest BCUT2D eigenvalue weighted by atomic mass is 9.81. The molecule has 0 aliphatic carbocycles. The second-order valence-electron chi connectivity index (χ2n) is 13.9. The molecule has 0 saturated heterocycles. The number of carbonyl (C=O) groups is 1. The standard InChI is InChI=1S/C33H43N3O13S4/c1-32(2)25-20-23(52(45,46)34-22-31(37)38)12-14-27(25)35(16-5-7-18-50(39,40)41)29(32)10-9-11-30-33(3,4)26-21-24(53(47,48)49)13-15-28(26)36(30)17-6-8-19-51(42,43)44/h9-15,20-21,34H,5-8,16-19,22H2,1-4H3,(H3-,37,38,39,40,41,42,43,44,47,48,49)/p+1. The predicted molar refractivity (Wildman–Crippen MR) is 197 cm³/mol. The average Bonchev–Trinajstić information content (AvgIpc) is 3.37. The number of unbranched alkanes of at least 4 members (excludes halogenated alkanes) is 2. The van der Waals surface area contributed by atoms with Crippen molar-refractivity contribution in [2.75, 3.05) is 36.0 Å². The Morgan fingerprint density at radius 2 is 1.38 bits per heavy atom. The van der Waals surface area contributed by atoms with Gasteiger partial charge in [0, 0.05) is 47.5 Å². The second kappa shape index (κ2) is 15.3. The van der Waals surface area contributed by atoms with E-state index in [9.17, 15) is 52.1 Å². The van der Waals surface area contributed by atoms with Gasteiger partial charge in [-0.15, -0.1) is 0 Å². The summed E-state index contributed by atoms with van der Waals surface area (Å²) in [6.07, 6.45) is 6.36. The molecule has 2 aromatic rings. The highest BCUT2D eigenvalue weighted by Crippen LogP contribution is 2.49. The van der Waals surface area contributed by atoms with Crippen LogP contribution in [0.4, 0.5) is 11.4 Å². The molecule has 0 spiro atoms. The minimum absolute atomic E-state index is 0.141. The molecule has 0 radical (unpaired) electrons. The monoisotopic (exact) mass is 818 g/mol. The summed E-state index contributed by atoms with van der Waals surface area (Å²) in [6.45, 7) is 7.24. The van der Waals surface area contributed by atoms with Gasteiger partial charge >= 0.3 is 5.97 Å². The number of allylic oxidation sites excluding steroid dienone is 4. The lowest BCUT2D eigenvalue weighted by Gasteiger charge is -2.27. The van der Waals surface area contributed by atoms with Crippen LogP contribution in [0.15, 0.2) is 70.1 Å². The van der Waals surface area contributed by atoms with Crippen LogP contribution >= 0.6 is 0 Å². The third kappa shape index (κ3) is 9.98. The number of carboxylic acids is 1. The molecular weight excluding hydrogens is 775 g/mol. The summed E-state index contributed by atoms with van der Waals surface area (Å²) >= 11 is 0. The molecule has 0 aromatic heterocycles. The molecule has 20 heteroatoms. The van der Waals surface area contributed by atoms with Crippen molar-refractivity contribution in [1.82, 2.24) is 4.72 Å². The van der Waals surface area contributed by atoms with Gasteiger partial charge in [-0.05, 0) is 75.1 Å². The summed E-state index contributed by atoms with van der Waals surface area (Å²) in [6, 6.07) is 8.61. The van der Waals surface area contributed by atoms with Crippen LogP contribution in [0.3, 0.4) is 0 Å². The van der Waals surface area contributed by atoms with Gasteiger partial charge in [0.15, 0.2) is 5.71 Å². The van der Waals surface area contributed by atoms with Gasteiger partial charge in [-0.25, -0.2) is 8.42 Å². The topological polar surface area (TPSA) is 253 Å². The van der Waals surface area contributed by atoms with E-state index >= 15 is 0 Å². The number of hydrogen-bond acceptors (Lipinski definition) is 10. The van der Waals surface area contributed by atoms with Crippen molar-refractivity contribution in [1.29, 1.82) is 0 Å². The molecule has 2 aliphatic rings. The molecule has 16 nitrogen and oxygen atoms in total. The lowest BCUT2D eigenvalue weighted by Crippen LogP contribution is -2.30. The highest BCUT2D eigenvalue weighted by Gasteiger charge is 2.45. The van der Waals surface area contributed by atoms with E-state index in [2.05, 4.69) is 0 Å². The third-order valence-corrected chi connectivity index (χ3v) is 13.2. The summed E-state index contributed by atoms with van der Waals surface area (Å²) < 4.78 is 128. The van der Waals surface area contributed by atoms with Crippen molar-refractivity contribution in [2.24, 2.45) is 0 Å². The Labute approximate surface area is 310 Å². The largest absolute Gasteiger partial charge is 0.480 e. The summed E-state index contributed by atoms with van der Waals surface area (Å²) in [7, 11) is -17.1. The highest BCUT2D eigenvalue weighted by molar-refractivity contribution is 7.89. The van der Waals surface area contributed by atoms with Crippen LogP contribution in [-0.2, 0) is 56.0 Å². The Morgan fingerprint density at radius 1 is 0.792 bits per heavy atom. The first-order chi connectivity index (χ1) is 24.3. The number of sulfonamides is 1. The fourth-order valence-electron chi connectivity index (χ4n) is 6.70. The molecule has 2 heterocycles. The minimum atomic E-state index is -4.53. The molecule has 2 aromatic carbocycles. The van der Waals surface area contributed by atoms with E-state index in [0.717, 1.165) is 0 Å². The number of nitrogens with one attached hydrogen (secondary N) is 1. The molecular formula is C33H44N3O13S4+. The molecule has 0 unspecified atom stereocenters. The zero-order chi connectivity index (χ0) is 39.8. The summed E-state index contributed by atoms with van der Waals surface area (Å²) in [5.41, 5.74) is 2.22. The number of carboxylic acid groups (broad SMARTS) is 1. The second-order valence-corrected chi connectivity index (χ2v) is 20.2. The maximum atomic E-state index is 12.9. The van der Waals surface area contributed by atoms with E-state index in [1.807, 2.05) is 54.0 Å². The molecule has 53 heavy (non-hydrogen) atoms. The van der Waals surface area contributed by atoms with Crippen LogP contribution in [0.1, 0.15) is 64.5 Å². The van der Waals surface area contributed by atoms with Crippen LogP contribution in [0.2, 0.25) is 0 Å². The summed E-state index contributed by atoms with van der Waals surface area (Å²) in [5.74, 6) is -2.25. The fraction of sp³-hybridized carbons (Fsp3) is 0.455. The van der Waals surface area contributed by atoms with Crippen molar-refractivity contribution in [3.05, 3.63) is 71.5 Å². The molecule has 0 atom stereocenters. The minimum Gasteiger partial charge on any atom is -0.480 e. The van der Waals surface area contributed by atoms with Gasteiger partial charge in [-0.1, -0.05) is 19.9 Å². The van der Waals surface area contributed by atoms with Gasteiger partial charge < -0.3 is 10.0 Å². The van der Waals surface area contributed by atoms with E-state index < -0.39 is 75.2 Å². The van der Waals surface area contributed by atoms with E-state index in [1.165, 1.54) is 24.3 Å². The first kappa shape index (κ1) is 42.2. The maximum absolute atomic E-state index is 12.9.